The van der Waals surface area contributed by atoms with Crippen molar-refractivity contribution in [2.24, 2.45) is 0 Å². The minimum atomic E-state index is -0.860. The summed E-state index contributed by atoms with van der Waals surface area (Å²) in [6.07, 6.45) is 0. The van der Waals surface area contributed by atoms with Crippen LogP contribution in [0.15, 0.2) is 303 Å². The highest BCUT2D eigenvalue weighted by Gasteiger charge is 2.53. The van der Waals surface area contributed by atoms with Crippen LogP contribution in [0, 0.1) is 0 Å². The lowest BCUT2D eigenvalue weighted by Gasteiger charge is -2.32. The molecule has 19 rings (SSSR count). The summed E-state index contributed by atoms with van der Waals surface area (Å²) < 4.78 is 0. The van der Waals surface area contributed by atoms with Gasteiger partial charge in [0.25, 0.3) is 0 Å². The van der Waals surface area contributed by atoms with E-state index in [9.17, 15) is 0 Å². The van der Waals surface area contributed by atoms with E-state index < -0.39 is 20.5 Å². The molecule has 1 spiro atoms. The van der Waals surface area contributed by atoms with E-state index >= 15 is 0 Å². The topological polar surface area (TPSA) is 0 Å². The smallest absolute Gasteiger partial charge is 0.0731 e. The molecule has 0 amide bonds. The second kappa shape index (κ2) is 18.0. The molecule has 0 radical (unpaired) electrons. The molecule has 0 nitrogen and oxygen atoms in total. The number of rotatable bonds is 5. The number of hydrogen-bond donors (Lipinski definition) is 0. The predicted molar refractivity (Wildman–Crippen MR) is 367 cm³/mol. The first-order valence-corrected chi connectivity index (χ1v) is 32.4. The summed E-state index contributed by atoms with van der Waals surface area (Å²) in [7, 11) is -1.72. The maximum atomic E-state index is 2.59. The van der Waals surface area contributed by atoms with Crippen molar-refractivity contribution < 1.29 is 0 Å². The largest absolute Gasteiger partial charge is 0.0766 e. The van der Waals surface area contributed by atoms with Crippen molar-refractivity contribution in [1.82, 2.24) is 0 Å². The molecule has 0 saturated heterocycles. The first-order chi connectivity index (χ1) is 42.3. The van der Waals surface area contributed by atoms with Gasteiger partial charge in [-0.1, -0.05) is 312 Å². The van der Waals surface area contributed by atoms with Gasteiger partial charge in [-0.05, 0) is 159 Å². The number of fused-ring (bicyclic) bond motifs is 23. The molecule has 2 heteroatoms. The van der Waals surface area contributed by atoms with Crippen molar-refractivity contribution in [2.45, 2.75) is 5.41 Å². The summed E-state index contributed by atoms with van der Waals surface area (Å²) in [5, 5.41) is 24.1. The molecule has 3 unspecified atom stereocenters. The Morgan fingerprint density at radius 3 is 1.11 bits per heavy atom. The fraction of sp³-hybridized carbons (Fsp3) is 0.0120. The molecule has 0 bridgehead atoms. The van der Waals surface area contributed by atoms with Crippen LogP contribution in [0.3, 0.4) is 0 Å². The van der Waals surface area contributed by atoms with Crippen molar-refractivity contribution in [2.75, 3.05) is 0 Å². The number of hydrogen-bond acceptors (Lipinski definition) is 0. The number of benzene rings is 15. The van der Waals surface area contributed by atoms with Crippen molar-refractivity contribution in [1.29, 1.82) is 0 Å². The van der Waals surface area contributed by atoms with E-state index in [1.807, 2.05) is 0 Å². The summed E-state index contributed by atoms with van der Waals surface area (Å²) >= 11 is 0. The Bertz CT molecular complexity index is 5510. The van der Waals surface area contributed by atoms with Gasteiger partial charge in [0.15, 0.2) is 0 Å². The van der Waals surface area contributed by atoms with Crippen LogP contribution in [-0.4, -0.2) is 0 Å². The van der Waals surface area contributed by atoms with Gasteiger partial charge >= 0.3 is 0 Å². The third kappa shape index (κ3) is 6.33. The molecule has 0 saturated carbocycles. The molecule has 15 aromatic carbocycles. The standard InChI is InChI=1S/C83H50P2/c1-3-24-51(25-4-1)84-75-48-17-13-30-57(75)65-42-21-40-63(81(65)84)55-36-19-38-60-70(55)50-71-56(64-41-22-43-66-58-31-14-18-49-76(58)85(82(64)66)52-26-5-2-6-27-52)37-20-39-61(71)77(60)69-44-23-47-74-78(69)67-34-11-15-45-72(67)83(74)73-46-16-12-35-68(73)79-59-32-9-7-28-53(59)54-29-8-10-33-62(54)80(79)83/h1-50H. The lowest BCUT2D eigenvalue weighted by Crippen LogP contribution is -2.26. The van der Waals surface area contributed by atoms with Gasteiger partial charge in [0.2, 0.25) is 0 Å². The molecule has 2 heterocycles. The van der Waals surface area contributed by atoms with Gasteiger partial charge in [-0.2, -0.15) is 0 Å². The zero-order valence-corrected chi connectivity index (χ0v) is 48.1. The maximum Gasteiger partial charge on any atom is 0.0731 e. The van der Waals surface area contributed by atoms with E-state index in [1.54, 1.807) is 0 Å². The Balaban J connectivity index is 0.976. The maximum absolute atomic E-state index is 2.59. The monoisotopic (exact) mass is 1110 g/mol. The Morgan fingerprint density at radius 1 is 0.200 bits per heavy atom. The molecule has 3 atom stereocenters. The van der Waals surface area contributed by atoms with Crippen LogP contribution in [-0.2, 0) is 5.41 Å². The van der Waals surface area contributed by atoms with Crippen LogP contribution < -0.4 is 0 Å². The Morgan fingerprint density at radius 2 is 0.553 bits per heavy atom. The minimum absolute atomic E-state index is 0.587. The molecule has 2 aliphatic rings. The molecule has 85 heavy (non-hydrogen) atoms. The lowest BCUT2D eigenvalue weighted by atomic mass is 9.69. The van der Waals surface area contributed by atoms with Crippen LogP contribution in [0.25, 0.3) is 151 Å². The SMILES string of the molecule is c1ccc(-p2c3ccccc3c3cccc(-c4cccc5c(-c6cccc7c6-c6ccccc6C76c7ccccc7-c7c6c6ccccc6c6ccccc76)c6cccc(-c7cccc8c9ccccc9p(-c9ccccc9)c78)c6cc45)c32)cc1. The van der Waals surface area contributed by atoms with Gasteiger partial charge in [0, 0.05) is 20.5 Å². The summed E-state index contributed by atoms with van der Waals surface area (Å²) in [5.74, 6) is 0. The van der Waals surface area contributed by atoms with E-state index in [0.717, 1.165) is 0 Å². The first-order valence-electron chi connectivity index (χ1n) is 29.7. The normalized spacial score (nSPS) is 14.6. The highest BCUT2D eigenvalue weighted by Crippen LogP contribution is 2.68. The van der Waals surface area contributed by atoms with Crippen molar-refractivity contribution in [3.63, 3.8) is 0 Å². The van der Waals surface area contributed by atoms with Crippen LogP contribution in [0.4, 0.5) is 0 Å². The van der Waals surface area contributed by atoms with Crippen LogP contribution >= 0.6 is 15.1 Å². The molecule has 0 aliphatic heterocycles. The lowest BCUT2D eigenvalue weighted by molar-refractivity contribution is 0.802. The minimum Gasteiger partial charge on any atom is -0.0766 e. The third-order valence-corrected chi connectivity index (χ3v) is 24.5. The molecule has 0 N–H and O–H groups in total. The molecular formula is C83H50P2. The van der Waals surface area contributed by atoms with Crippen LogP contribution in [0.1, 0.15) is 22.3 Å². The van der Waals surface area contributed by atoms with E-state index in [4.69, 9.17) is 0 Å². The fourth-order valence-electron chi connectivity index (χ4n) is 16.2. The van der Waals surface area contributed by atoms with Crippen molar-refractivity contribution in [3.8, 4) is 66.2 Å². The fourth-order valence-corrected chi connectivity index (χ4v) is 21.7. The molecule has 17 aromatic rings. The average Bonchev–Trinajstić information content (AvgIpc) is 1.55. The molecular weight excluding hydrogens is 1060 g/mol. The van der Waals surface area contributed by atoms with Crippen molar-refractivity contribution in [3.05, 3.63) is 326 Å². The van der Waals surface area contributed by atoms with Crippen molar-refractivity contribution >= 4 is 100 Å². The summed E-state index contributed by atoms with van der Waals surface area (Å²) in [4.78, 5) is 0. The first kappa shape index (κ1) is 47.4. The van der Waals surface area contributed by atoms with Gasteiger partial charge in [0.05, 0.1) is 5.41 Å². The van der Waals surface area contributed by atoms with E-state index in [-0.39, 0.29) is 0 Å². The summed E-state index contributed by atoms with van der Waals surface area (Å²) in [6.45, 7) is 0. The molecule has 0 fully saturated rings. The van der Waals surface area contributed by atoms with E-state index in [0.29, 0.717) is 0 Å². The van der Waals surface area contributed by atoms with E-state index in [1.165, 1.54) is 174 Å². The quantitative estimate of drug-likeness (QED) is 0.119. The Hall–Kier alpha value is -10.1. The Kier molecular flexibility index (Phi) is 10.0. The Labute approximate surface area is 494 Å². The molecule has 392 valence electrons. The summed E-state index contributed by atoms with van der Waals surface area (Å²) in [5.41, 5.74) is 17.8. The highest BCUT2D eigenvalue weighted by molar-refractivity contribution is 7.68. The van der Waals surface area contributed by atoms with Gasteiger partial charge < -0.3 is 0 Å². The van der Waals surface area contributed by atoms with E-state index in [2.05, 4.69) is 303 Å². The molecule has 2 aromatic heterocycles. The van der Waals surface area contributed by atoms with Gasteiger partial charge in [-0.25, -0.2) is 0 Å². The van der Waals surface area contributed by atoms with Crippen LogP contribution in [0.2, 0.25) is 0 Å². The highest BCUT2D eigenvalue weighted by atomic mass is 31.1. The second-order valence-electron chi connectivity index (χ2n) is 23.2. The zero-order chi connectivity index (χ0) is 55.5. The zero-order valence-electron chi connectivity index (χ0n) is 46.3. The summed E-state index contributed by atoms with van der Waals surface area (Å²) in [6, 6.07) is 117. The van der Waals surface area contributed by atoms with Crippen LogP contribution in [0.5, 0.6) is 0 Å². The van der Waals surface area contributed by atoms with Gasteiger partial charge in [0.1, 0.15) is 0 Å². The predicted octanol–water partition coefficient (Wildman–Crippen LogP) is 24.2. The second-order valence-corrected chi connectivity index (χ2v) is 27.5. The third-order valence-electron chi connectivity index (χ3n) is 19.3. The average molecular weight is 1110 g/mol. The van der Waals surface area contributed by atoms with Gasteiger partial charge in [-0.3, -0.25) is 0 Å². The molecule has 2 aliphatic carbocycles. The van der Waals surface area contributed by atoms with Gasteiger partial charge in [-0.15, -0.1) is 0 Å².